The van der Waals surface area contributed by atoms with E-state index in [9.17, 15) is 4.79 Å². The number of aromatic nitrogens is 4. The van der Waals surface area contributed by atoms with E-state index in [2.05, 4.69) is 20.0 Å². The zero-order chi connectivity index (χ0) is 16.1. The zero-order valence-electron chi connectivity index (χ0n) is 13.2. The van der Waals surface area contributed by atoms with Crippen LogP contribution >= 0.6 is 0 Å². The summed E-state index contributed by atoms with van der Waals surface area (Å²) in [6, 6.07) is 3.79. The van der Waals surface area contributed by atoms with Gasteiger partial charge in [-0.1, -0.05) is 12.8 Å². The van der Waals surface area contributed by atoms with Crippen molar-refractivity contribution in [1.29, 1.82) is 0 Å². The summed E-state index contributed by atoms with van der Waals surface area (Å²) in [6.07, 6.45) is 8.54. The van der Waals surface area contributed by atoms with Gasteiger partial charge in [0, 0.05) is 6.20 Å². The Labute approximate surface area is 135 Å². The number of carbonyl (C=O) groups is 1. The van der Waals surface area contributed by atoms with Gasteiger partial charge in [-0.3, -0.25) is 14.7 Å². The highest BCUT2D eigenvalue weighted by Gasteiger charge is 2.17. The van der Waals surface area contributed by atoms with Crippen molar-refractivity contribution in [2.24, 2.45) is 5.73 Å². The first-order valence-corrected chi connectivity index (χ1v) is 8.08. The number of nitrogens with zero attached hydrogens (tertiary/aromatic N) is 5. The zero-order valence-corrected chi connectivity index (χ0v) is 13.2. The molecule has 1 fully saturated rings. The molecule has 3 rings (SSSR count). The Kier molecular flexibility index (Phi) is 4.97. The van der Waals surface area contributed by atoms with Gasteiger partial charge in [0.25, 0.3) is 0 Å². The maximum atomic E-state index is 11.2. The Bertz CT molecular complexity index is 646. The number of carbonyl (C=O) groups excluding carboxylic acids is 1. The van der Waals surface area contributed by atoms with Crippen molar-refractivity contribution >= 4 is 5.91 Å². The quantitative estimate of drug-likeness (QED) is 0.891. The molecule has 2 N–H and O–H groups in total. The summed E-state index contributed by atoms with van der Waals surface area (Å²) in [5.41, 5.74) is 6.12. The molecule has 0 radical (unpaired) electrons. The number of primary amides is 1. The first-order chi connectivity index (χ1) is 11.2. The van der Waals surface area contributed by atoms with Gasteiger partial charge in [0.05, 0.1) is 24.8 Å². The van der Waals surface area contributed by atoms with Crippen molar-refractivity contribution in [2.75, 3.05) is 13.1 Å². The molecule has 1 saturated heterocycles. The van der Waals surface area contributed by atoms with E-state index < -0.39 is 5.91 Å². The van der Waals surface area contributed by atoms with Gasteiger partial charge in [-0.25, -0.2) is 9.67 Å². The normalized spacial score (nSPS) is 16.2. The van der Waals surface area contributed by atoms with Crippen LogP contribution in [0, 0.1) is 0 Å². The lowest BCUT2D eigenvalue weighted by molar-refractivity contribution is -0.117. The highest BCUT2D eigenvalue weighted by Crippen LogP contribution is 2.15. The number of hydrogen-bond donors (Lipinski definition) is 1. The average molecular weight is 314 g/mol. The second-order valence-electron chi connectivity index (χ2n) is 5.90. The van der Waals surface area contributed by atoms with E-state index >= 15 is 0 Å². The van der Waals surface area contributed by atoms with Crippen LogP contribution in [0.4, 0.5) is 0 Å². The Balaban J connectivity index is 1.86. The van der Waals surface area contributed by atoms with Gasteiger partial charge in [-0.05, 0) is 38.1 Å². The van der Waals surface area contributed by atoms with Gasteiger partial charge in [-0.15, -0.1) is 0 Å². The van der Waals surface area contributed by atoms with Crippen LogP contribution in [0.5, 0.6) is 0 Å². The average Bonchev–Trinajstić information content (AvgIpc) is 2.75. The van der Waals surface area contributed by atoms with Crippen LogP contribution in [0.25, 0.3) is 5.69 Å². The molecule has 0 spiro atoms. The van der Waals surface area contributed by atoms with Crippen molar-refractivity contribution in [3.05, 3.63) is 36.2 Å². The molecule has 122 valence electrons. The van der Waals surface area contributed by atoms with E-state index in [0.717, 1.165) is 31.1 Å². The van der Waals surface area contributed by atoms with E-state index in [1.807, 2.05) is 12.1 Å². The molecule has 7 nitrogen and oxygen atoms in total. The predicted molar refractivity (Wildman–Crippen MR) is 85.8 cm³/mol. The SMILES string of the molecule is NC(=O)Cc1nc(CN2CCCCCC2)n(-c2cccnc2)n1. The van der Waals surface area contributed by atoms with Crippen molar-refractivity contribution in [1.82, 2.24) is 24.6 Å². The molecule has 1 amide bonds. The maximum absolute atomic E-state index is 11.2. The van der Waals surface area contributed by atoms with Crippen LogP contribution in [0.15, 0.2) is 24.5 Å². The first-order valence-electron chi connectivity index (χ1n) is 8.08. The number of likely N-dealkylation sites (tertiary alicyclic amines) is 1. The second-order valence-corrected chi connectivity index (χ2v) is 5.90. The van der Waals surface area contributed by atoms with E-state index in [1.54, 1.807) is 17.1 Å². The van der Waals surface area contributed by atoms with Gasteiger partial charge < -0.3 is 5.73 Å². The fourth-order valence-corrected chi connectivity index (χ4v) is 2.90. The van der Waals surface area contributed by atoms with Crippen molar-refractivity contribution in [2.45, 2.75) is 38.6 Å². The molecule has 0 aliphatic carbocycles. The molecule has 1 aliphatic heterocycles. The second kappa shape index (κ2) is 7.32. The van der Waals surface area contributed by atoms with Crippen LogP contribution in [0.2, 0.25) is 0 Å². The van der Waals surface area contributed by atoms with E-state index in [1.165, 1.54) is 25.7 Å². The van der Waals surface area contributed by atoms with E-state index in [0.29, 0.717) is 5.82 Å². The Morgan fingerprint density at radius 1 is 1.22 bits per heavy atom. The topological polar surface area (TPSA) is 89.9 Å². The minimum Gasteiger partial charge on any atom is -0.369 e. The monoisotopic (exact) mass is 314 g/mol. The van der Waals surface area contributed by atoms with Crippen LogP contribution in [-0.2, 0) is 17.8 Å². The van der Waals surface area contributed by atoms with Gasteiger partial charge in [0.15, 0.2) is 5.82 Å². The third kappa shape index (κ3) is 4.13. The number of pyridine rings is 1. The summed E-state index contributed by atoms with van der Waals surface area (Å²) < 4.78 is 1.77. The Morgan fingerprint density at radius 3 is 2.65 bits per heavy atom. The van der Waals surface area contributed by atoms with Crippen molar-refractivity contribution in [3.63, 3.8) is 0 Å². The molecule has 0 aromatic carbocycles. The lowest BCUT2D eigenvalue weighted by atomic mass is 10.2. The first kappa shape index (κ1) is 15.6. The number of rotatable bonds is 5. The van der Waals surface area contributed by atoms with Crippen LogP contribution in [0.3, 0.4) is 0 Å². The van der Waals surface area contributed by atoms with Crippen LogP contribution < -0.4 is 5.73 Å². The summed E-state index contributed by atoms with van der Waals surface area (Å²) in [4.78, 5) is 22.2. The minimum absolute atomic E-state index is 0.0558. The molecule has 23 heavy (non-hydrogen) atoms. The molecule has 1 aliphatic rings. The van der Waals surface area contributed by atoms with Crippen LogP contribution in [0.1, 0.15) is 37.3 Å². The number of nitrogens with two attached hydrogens (primary N) is 1. The third-order valence-electron chi connectivity index (χ3n) is 4.00. The molecule has 0 saturated carbocycles. The molecule has 2 aromatic heterocycles. The molecule has 0 atom stereocenters. The van der Waals surface area contributed by atoms with Gasteiger partial charge in [-0.2, -0.15) is 5.10 Å². The summed E-state index contributed by atoms with van der Waals surface area (Å²) in [5, 5.41) is 4.45. The summed E-state index contributed by atoms with van der Waals surface area (Å²) >= 11 is 0. The molecular weight excluding hydrogens is 292 g/mol. The fraction of sp³-hybridized carbons (Fsp3) is 0.500. The molecule has 2 aromatic rings. The molecule has 7 heteroatoms. The van der Waals surface area contributed by atoms with Crippen molar-refractivity contribution in [3.8, 4) is 5.69 Å². The third-order valence-corrected chi connectivity index (χ3v) is 4.00. The molecule has 0 bridgehead atoms. The van der Waals surface area contributed by atoms with Gasteiger partial charge in [0.2, 0.25) is 5.91 Å². The largest absolute Gasteiger partial charge is 0.369 e. The van der Waals surface area contributed by atoms with E-state index in [-0.39, 0.29) is 6.42 Å². The summed E-state index contributed by atoms with van der Waals surface area (Å²) in [5.74, 6) is 0.872. The number of amides is 1. The highest BCUT2D eigenvalue weighted by atomic mass is 16.1. The van der Waals surface area contributed by atoms with Gasteiger partial charge in [0.1, 0.15) is 5.82 Å². The Hall–Kier alpha value is -2.28. The lowest BCUT2D eigenvalue weighted by Gasteiger charge is -2.19. The molecule has 3 heterocycles. The Morgan fingerprint density at radius 2 is 2.00 bits per heavy atom. The van der Waals surface area contributed by atoms with E-state index in [4.69, 9.17) is 5.73 Å². The summed E-state index contributed by atoms with van der Waals surface area (Å²) in [6.45, 7) is 2.87. The maximum Gasteiger partial charge on any atom is 0.225 e. The molecule has 0 unspecified atom stereocenters. The predicted octanol–water partition coefficient (Wildman–Crippen LogP) is 1.07. The highest BCUT2D eigenvalue weighted by molar-refractivity contribution is 5.75. The smallest absolute Gasteiger partial charge is 0.225 e. The number of hydrogen-bond acceptors (Lipinski definition) is 5. The van der Waals surface area contributed by atoms with Crippen molar-refractivity contribution < 1.29 is 4.79 Å². The fourth-order valence-electron chi connectivity index (χ4n) is 2.90. The van der Waals surface area contributed by atoms with Crippen LogP contribution in [-0.4, -0.2) is 43.6 Å². The minimum atomic E-state index is -0.422. The standard InChI is InChI=1S/C16H22N6O/c17-14(23)10-15-19-16(12-21-8-3-1-2-4-9-21)22(20-15)13-6-5-7-18-11-13/h5-7,11H,1-4,8-10,12H2,(H2,17,23). The molecular formula is C16H22N6O. The summed E-state index contributed by atoms with van der Waals surface area (Å²) in [7, 11) is 0. The lowest BCUT2D eigenvalue weighted by Crippen LogP contribution is -2.26. The van der Waals surface area contributed by atoms with Gasteiger partial charge >= 0.3 is 0 Å².